The van der Waals surface area contributed by atoms with E-state index in [1.807, 2.05) is 0 Å². The average Bonchev–Trinajstić information content (AvgIpc) is 2.35. The van der Waals surface area contributed by atoms with Gasteiger partial charge in [-0.1, -0.05) is 12.1 Å². The molecule has 0 saturated carbocycles. The van der Waals surface area contributed by atoms with Crippen LogP contribution in [0.5, 0.6) is 0 Å². The van der Waals surface area contributed by atoms with E-state index in [0.29, 0.717) is 5.56 Å². The number of hydrogen-bond donors (Lipinski definition) is 1. The maximum Gasteiger partial charge on any atom is 0.329 e. The molecule has 1 aromatic carbocycles. The minimum atomic E-state index is -1.31. The fourth-order valence-corrected chi connectivity index (χ4v) is 1.63. The lowest BCUT2D eigenvalue weighted by Gasteiger charge is -2.33. The Labute approximate surface area is 111 Å². The number of likely N-dealkylation sites (N-methyl/N-ethyl adjacent to an activating group) is 1. The van der Waals surface area contributed by atoms with E-state index in [0.717, 1.165) is 0 Å². The van der Waals surface area contributed by atoms with Crippen LogP contribution >= 0.6 is 0 Å². The molecule has 19 heavy (non-hydrogen) atoms. The van der Waals surface area contributed by atoms with Gasteiger partial charge in [-0.3, -0.25) is 4.79 Å². The minimum Gasteiger partial charge on any atom is -0.480 e. The van der Waals surface area contributed by atoms with Gasteiger partial charge >= 0.3 is 5.97 Å². The zero-order chi connectivity index (χ0) is 14.8. The Morgan fingerprint density at radius 2 is 1.95 bits per heavy atom. The van der Waals surface area contributed by atoms with E-state index < -0.39 is 23.2 Å². The van der Waals surface area contributed by atoms with Crippen LogP contribution in [0.3, 0.4) is 0 Å². The van der Waals surface area contributed by atoms with Crippen molar-refractivity contribution in [3.63, 3.8) is 0 Å². The van der Waals surface area contributed by atoms with Crippen LogP contribution < -0.4 is 0 Å². The van der Waals surface area contributed by atoms with Gasteiger partial charge in [0.05, 0.1) is 5.92 Å². The van der Waals surface area contributed by atoms with Crippen molar-refractivity contribution in [2.75, 3.05) is 7.05 Å². The van der Waals surface area contributed by atoms with Crippen LogP contribution in [-0.4, -0.2) is 34.5 Å². The molecule has 1 unspecified atom stereocenters. The van der Waals surface area contributed by atoms with E-state index in [1.54, 1.807) is 13.0 Å². The smallest absolute Gasteiger partial charge is 0.329 e. The predicted molar refractivity (Wildman–Crippen MR) is 69.3 cm³/mol. The van der Waals surface area contributed by atoms with Gasteiger partial charge in [-0.25, -0.2) is 9.18 Å². The van der Waals surface area contributed by atoms with Crippen LogP contribution in [0.2, 0.25) is 0 Å². The third-order valence-corrected chi connectivity index (χ3v) is 3.41. The van der Waals surface area contributed by atoms with Gasteiger partial charge in [0.2, 0.25) is 5.91 Å². The molecule has 1 aromatic rings. The number of hydrogen-bond acceptors (Lipinski definition) is 2. The number of benzene rings is 1. The molecular weight excluding hydrogens is 249 g/mol. The zero-order valence-electron chi connectivity index (χ0n) is 11.5. The maximum atomic E-state index is 13.1. The lowest BCUT2D eigenvalue weighted by atomic mass is 9.96. The van der Waals surface area contributed by atoms with Crippen molar-refractivity contribution in [2.24, 2.45) is 0 Å². The first-order chi connectivity index (χ1) is 8.67. The summed E-state index contributed by atoms with van der Waals surface area (Å²) in [6.07, 6.45) is 0. The second-order valence-corrected chi connectivity index (χ2v) is 5.04. The maximum absolute atomic E-state index is 13.1. The molecule has 1 N–H and O–H groups in total. The number of carboxylic acids is 1. The van der Waals surface area contributed by atoms with E-state index in [2.05, 4.69) is 0 Å². The van der Waals surface area contributed by atoms with Crippen LogP contribution in [-0.2, 0) is 9.59 Å². The summed E-state index contributed by atoms with van der Waals surface area (Å²) in [4.78, 5) is 24.5. The molecule has 104 valence electrons. The topological polar surface area (TPSA) is 57.6 Å². The average molecular weight is 267 g/mol. The van der Waals surface area contributed by atoms with Crippen LogP contribution in [0.1, 0.15) is 32.3 Å². The van der Waals surface area contributed by atoms with Crippen molar-refractivity contribution in [1.29, 1.82) is 0 Å². The van der Waals surface area contributed by atoms with Gasteiger partial charge in [0.15, 0.2) is 0 Å². The summed E-state index contributed by atoms with van der Waals surface area (Å²) in [6, 6.07) is 5.75. The largest absolute Gasteiger partial charge is 0.480 e. The van der Waals surface area contributed by atoms with Crippen LogP contribution in [0, 0.1) is 5.82 Å². The number of rotatable bonds is 4. The fourth-order valence-electron chi connectivity index (χ4n) is 1.63. The quantitative estimate of drug-likeness (QED) is 0.910. The van der Waals surface area contributed by atoms with E-state index in [-0.39, 0.29) is 5.91 Å². The summed E-state index contributed by atoms with van der Waals surface area (Å²) >= 11 is 0. The molecule has 0 aliphatic heterocycles. The van der Waals surface area contributed by atoms with Crippen molar-refractivity contribution >= 4 is 11.9 Å². The van der Waals surface area contributed by atoms with E-state index >= 15 is 0 Å². The molecule has 0 heterocycles. The molecule has 0 radical (unpaired) electrons. The monoisotopic (exact) mass is 267 g/mol. The van der Waals surface area contributed by atoms with Crippen molar-refractivity contribution in [3.05, 3.63) is 35.6 Å². The molecule has 0 aliphatic carbocycles. The van der Waals surface area contributed by atoms with Crippen LogP contribution in [0.4, 0.5) is 4.39 Å². The molecule has 1 atom stereocenters. The molecule has 0 spiro atoms. The molecule has 1 amide bonds. The Morgan fingerprint density at radius 3 is 2.42 bits per heavy atom. The minimum absolute atomic E-state index is 0.363. The lowest BCUT2D eigenvalue weighted by molar-refractivity contribution is -0.155. The summed E-state index contributed by atoms with van der Waals surface area (Å²) in [5.74, 6) is -2.47. The summed E-state index contributed by atoms with van der Waals surface area (Å²) in [7, 11) is 1.44. The highest BCUT2D eigenvalue weighted by Crippen LogP contribution is 2.22. The van der Waals surface area contributed by atoms with E-state index in [1.165, 1.54) is 44.0 Å². The predicted octanol–water partition coefficient (Wildman–Crippen LogP) is 2.25. The summed E-state index contributed by atoms with van der Waals surface area (Å²) < 4.78 is 13.1. The summed E-state index contributed by atoms with van der Waals surface area (Å²) in [6.45, 7) is 4.53. The van der Waals surface area contributed by atoms with Crippen molar-refractivity contribution in [1.82, 2.24) is 4.90 Å². The van der Waals surface area contributed by atoms with Crippen molar-refractivity contribution in [2.45, 2.75) is 32.2 Å². The highest BCUT2D eigenvalue weighted by molar-refractivity contribution is 5.89. The molecule has 0 bridgehead atoms. The first-order valence-electron chi connectivity index (χ1n) is 5.94. The standard InChI is InChI=1S/C14H18FNO3/c1-9(10-6-5-7-11(15)8-10)12(17)16(4)14(2,3)13(18)19/h5-9H,1-4H3,(H,18,19). The Kier molecular flexibility index (Phi) is 4.29. The number of halogens is 1. The molecule has 4 nitrogen and oxygen atoms in total. The number of carbonyl (C=O) groups is 2. The number of nitrogens with zero attached hydrogens (tertiary/aromatic N) is 1. The van der Waals surface area contributed by atoms with Crippen LogP contribution in [0.15, 0.2) is 24.3 Å². The lowest BCUT2D eigenvalue weighted by Crippen LogP contribution is -2.51. The number of aliphatic carboxylic acids is 1. The molecule has 0 aliphatic rings. The fraction of sp³-hybridized carbons (Fsp3) is 0.429. The van der Waals surface area contributed by atoms with E-state index in [4.69, 9.17) is 5.11 Å². The van der Waals surface area contributed by atoms with E-state index in [9.17, 15) is 14.0 Å². The normalized spacial score (nSPS) is 12.9. The van der Waals surface area contributed by atoms with Gasteiger partial charge in [-0.2, -0.15) is 0 Å². The SMILES string of the molecule is CC(C(=O)N(C)C(C)(C)C(=O)O)c1cccc(F)c1. The zero-order valence-corrected chi connectivity index (χ0v) is 11.5. The molecule has 5 heteroatoms. The molecule has 0 aromatic heterocycles. The first-order valence-corrected chi connectivity index (χ1v) is 5.94. The second-order valence-electron chi connectivity index (χ2n) is 5.04. The third-order valence-electron chi connectivity index (χ3n) is 3.41. The Balaban J connectivity index is 2.98. The van der Waals surface area contributed by atoms with Gasteiger partial charge in [0, 0.05) is 7.05 Å². The highest BCUT2D eigenvalue weighted by Gasteiger charge is 2.37. The van der Waals surface area contributed by atoms with Gasteiger partial charge in [0.25, 0.3) is 0 Å². The van der Waals surface area contributed by atoms with Gasteiger partial charge in [-0.05, 0) is 38.5 Å². The third kappa shape index (κ3) is 3.10. The van der Waals surface area contributed by atoms with Gasteiger partial charge in [-0.15, -0.1) is 0 Å². The summed E-state index contributed by atoms with van der Waals surface area (Å²) in [5, 5.41) is 9.10. The Bertz CT molecular complexity index is 499. The van der Waals surface area contributed by atoms with Crippen molar-refractivity contribution in [3.8, 4) is 0 Å². The van der Waals surface area contributed by atoms with Crippen molar-refractivity contribution < 1.29 is 19.1 Å². The molecular formula is C14H18FNO3. The number of amides is 1. The number of carbonyl (C=O) groups excluding carboxylic acids is 1. The van der Waals surface area contributed by atoms with Gasteiger partial charge in [0.1, 0.15) is 11.4 Å². The Hall–Kier alpha value is -1.91. The Morgan fingerprint density at radius 1 is 1.37 bits per heavy atom. The molecule has 0 saturated heterocycles. The summed E-state index contributed by atoms with van der Waals surface area (Å²) in [5.41, 5.74) is -0.781. The highest BCUT2D eigenvalue weighted by atomic mass is 19.1. The molecule has 0 fully saturated rings. The first kappa shape index (κ1) is 15.1. The number of carboxylic acid groups (broad SMARTS) is 1. The second kappa shape index (κ2) is 5.38. The van der Waals surface area contributed by atoms with Gasteiger partial charge < -0.3 is 10.0 Å². The molecule has 1 rings (SSSR count). The van der Waals surface area contributed by atoms with Crippen LogP contribution in [0.25, 0.3) is 0 Å².